The van der Waals surface area contributed by atoms with Gasteiger partial charge in [-0.1, -0.05) is 37.6 Å². The number of aryl methyl sites for hydroxylation is 3. The predicted octanol–water partition coefficient (Wildman–Crippen LogP) is 4.67. The van der Waals surface area contributed by atoms with E-state index in [9.17, 15) is 13.2 Å². The molecule has 5 nitrogen and oxygen atoms in total. The van der Waals surface area contributed by atoms with Crippen molar-refractivity contribution >= 4 is 15.9 Å². The Kier molecular flexibility index (Phi) is 6.98. The molecule has 30 heavy (non-hydrogen) atoms. The van der Waals surface area contributed by atoms with Gasteiger partial charge in [-0.3, -0.25) is 4.79 Å². The molecule has 0 aromatic heterocycles. The van der Waals surface area contributed by atoms with Gasteiger partial charge in [0.15, 0.2) is 0 Å². The minimum atomic E-state index is -3.58. The fraction of sp³-hybridized carbons (Fsp3) is 0.458. The highest BCUT2D eigenvalue weighted by molar-refractivity contribution is 7.89. The lowest BCUT2D eigenvalue weighted by Gasteiger charge is -2.26. The molecule has 3 rings (SSSR count). The summed E-state index contributed by atoms with van der Waals surface area (Å²) in [4.78, 5) is 13.3. The molecule has 2 aromatic rings. The molecule has 1 N–H and O–H groups in total. The number of hydrogen-bond donors (Lipinski definition) is 1. The first-order chi connectivity index (χ1) is 14.2. The molecular formula is C24H32N2O3S. The van der Waals surface area contributed by atoms with Crippen LogP contribution in [0.4, 0.5) is 0 Å². The standard InChI is InChI=1S/C24H32N2O3S/c1-5-23(20-11-9-17(2)19(4)15-20)25-24(27)22-16-21(12-10-18(22)3)30(28,29)26-13-7-6-8-14-26/h9-12,15-16,23H,5-8,13-14H2,1-4H3,(H,25,27)/t23-/m0/s1. The highest BCUT2D eigenvalue weighted by atomic mass is 32.2. The van der Waals surface area contributed by atoms with Crippen LogP contribution in [0.3, 0.4) is 0 Å². The summed E-state index contributed by atoms with van der Waals surface area (Å²) in [5.41, 5.74) is 4.64. The molecule has 0 unspecified atom stereocenters. The molecule has 1 aliphatic heterocycles. The first-order valence-electron chi connectivity index (χ1n) is 10.7. The zero-order chi connectivity index (χ0) is 21.9. The van der Waals surface area contributed by atoms with Gasteiger partial charge in [-0.15, -0.1) is 0 Å². The Bertz CT molecular complexity index is 1020. The van der Waals surface area contributed by atoms with E-state index in [1.807, 2.05) is 19.9 Å². The molecule has 1 atom stereocenters. The summed E-state index contributed by atoms with van der Waals surface area (Å²) in [6.07, 6.45) is 3.57. The zero-order valence-corrected chi connectivity index (χ0v) is 19.2. The van der Waals surface area contributed by atoms with Gasteiger partial charge in [0, 0.05) is 18.7 Å². The van der Waals surface area contributed by atoms with E-state index < -0.39 is 10.0 Å². The number of piperidine rings is 1. The van der Waals surface area contributed by atoms with E-state index in [1.165, 1.54) is 21.5 Å². The predicted molar refractivity (Wildman–Crippen MR) is 120 cm³/mol. The van der Waals surface area contributed by atoms with Gasteiger partial charge in [0.25, 0.3) is 5.91 Å². The van der Waals surface area contributed by atoms with Gasteiger partial charge in [0.2, 0.25) is 10.0 Å². The number of sulfonamides is 1. The third kappa shape index (κ3) is 4.76. The molecule has 162 valence electrons. The molecule has 0 radical (unpaired) electrons. The molecule has 1 fully saturated rings. The Morgan fingerprint density at radius 3 is 2.27 bits per heavy atom. The lowest BCUT2D eigenvalue weighted by molar-refractivity contribution is 0.0934. The number of carbonyl (C=O) groups is 1. The van der Waals surface area contributed by atoms with Crippen molar-refractivity contribution in [2.75, 3.05) is 13.1 Å². The minimum absolute atomic E-state index is 0.126. The topological polar surface area (TPSA) is 66.5 Å². The average Bonchev–Trinajstić information content (AvgIpc) is 2.74. The first-order valence-corrected chi connectivity index (χ1v) is 12.2. The summed E-state index contributed by atoms with van der Waals surface area (Å²) in [7, 11) is -3.58. The van der Waals surface area contributed by atoms with Crippen molar-refractivity contribution < 1.29 is 13.2 Å². The van der Waals surface area contributed by atoms with Gasteiger partial charge in [-0.05, 0) is 74.4 Å². The molecule has 1 aliphatic rings. The van der Waals surface area contributed by atoms with E-state index in [2.05, 4.69) is 31.3 Å². The highest BCUT2D eigenvalue weighted by Crippen LogP contribution is 2.24. The Labute approximate surface area is 180 Å². The molecule has 1 amide bonds. The number of hydrogen-bond acceptors (Lipinski definition) is 3. The molecule has 0 saturated carbocycles. The van der Waals surface area contributed by atoms with Crippen molar-refractivity contribution in [2.24, 2.45) is 0 Å². The fourth-order valence-electron chi connectivity index (χ4n) is 3.90. The van der Waals surface area contributed by atoms with E-state index in [4.69, 9.17) is 0 Å². The Morgan fingerprint density at radius 1 is 0.967 bits per heavy atom. The van der Waals surface area contributed by atoms with Crippen LogP contribution < -0.4 is 5.32 Å². The van der Waals surface area contributed by atoms with Gasteiger partial charge in [-0.25, -0.2) is 8.42 Å². The van der Waals surface area contributed by atoms with Crippen molar-refractivity contribution in [1.29, 1.82) is 0 Å². The van der Waals surface area contributed by atoms with Crippen molar-refractivity contribution in [3.63, 3.8) is 0 Å². The normalized spacial score (nSPS) is 16.3. The summed E-state index contributed by atoms with van der Waals surface area (Å²) in [6.45, 7) is 9.08. The average molecular weight is 429 g/mol. The van der Waals surface area contributed by atoms with Gasteiger partial charge < -0.3 is 5.32 Å². The maximum absolute atomic E-state index is 13.1. The van der Waals surface area contributed by atoms with Crippen molar-refractivity contribution in [3.05, 3.63) is 64.2 Å². The second-order valence-electron chi connectivity index (χ2n) is 8.22. The summed E-state index contributed by atoms with van der Waals surface area (Å²) >= 11 is 0. The molecule has 6 heteroatoms. The highest BCUT2D eigenvalue weighted by Gasteiger charge is 2.27. The monoisotopic (exact) mass is 428 g/mol. The summed E-state index contributed by atoms with van der Waals surface area (Å²) in [6, 6.07) is 10.9. The smallest absolute Gasteiger partial charge is 0.252 e. The van der Waals surface area contributed by atoms with E-state index in [-0.39, 0.29) is 16.8 Å². The van der Waals surface area contributed by atoms with Crippen LogP contribution >= 0.6 is 0 Å². The third-order valence-electron chi connectivity index (χ3n) is 6.05. The van der Waals surface area contributed by atoms with Crippen molar-refractivity contribution in [2.45, 2.75) is 64.3 Å². The van der Waals surface area contributed by atoms with Gasteiger partial charge >= 0.3 is 0 Å². The maximum Gasteiger partial charge on any atom is 0.252 e. The van der Waals surface area contributed by atoms with Gasteiger partial charge in [-0.2, -0.15) is 4.31 Å². The van der Waals surface area contributed by atoms with Crippen LogP contribution in [-0.2, 0) is 10.0 Å². The number of benzene rings is 2. The lowest BCUT2D eigenvalue weighted by Crippen LogP contribution is -2.36. The van der Waals surface area contributed by atoms with Crippen molar-refractivity contribution in [1.82, 2.24) is 9.62 Å². The number of nitrogens with one attached hydrogen (secondary N) is 1. The first kappa shape index (κ1) is 22.5. The van der Waals surface area contributed by atoms with Crippen LogP contribution in [0, 0.1) is 20.8 Å². The van der Waals surface area contributed by atoms with Crippen LogP contribution in [-0.4, -0.2) is 31.7 Å². The number of rotatable bonds is 6. The Morgan fingerprint density at radius 2 is 1.63 bits per heavy atom. The van der Waals surface area contributed by atoms with Crippen LogP contribution in [0.5, 0.6) is 0 Å². The minimum Gasteiger partial charge on any atom is -0.345 e. The van der Waals surface area contributed by atoms with E-state index >= 15 is 0 Å². The SMILES string of the molecule is CC[C@H](NC(=O)c1cc(S(=O)(=O)N2CCCCC2)ccc1C)c1ccc(C)c(C)c1. The van der Waals surface area contributed by atoms with Crippen LogP contribution in [0.1, 0.15) is 71.3 Å². The van der Waals surface area contributed by atoms with Crippen molar-refractivity contribution in [3.8, 4) is 0 Å². The second-order valence-corrected chi connectivity index (χ2v) is 10.2. The fourth-order valence-corrected chi connectivity index (χ4v) is 5.44. The van der Waals surface area contributed by atoms with E-state index in [0.717, 1.165) is 36.8 Å². The quantitative estimate of drug-likeness (QED) is 0.727. The lowest BCUT2D eigenvalue weighted by atomic mass is 9.99. The zero-order valence-electron chi connectivity index (χ0n) is 18.4. The second kappa shape index (κ2) is 9.31. The molecular weight excluding hydrogens is 396 g/mol. The largest absolute Gasteiger partial charge is 0.345 e. The van der Waals surface area contributed by atoms with Crippen LogP contribution in [0.25, 0.3) is 0 Å². The number of amides is 1. The van der Waals surface area contributed by atoms with Crippen LogP contribution in [0.15, 0.2) is 41.3 Å². The molecule has 2 aromatic carbocycles. The maximum atomic E-state index is 13.1. The van der Waals surface area contributed by atoms with E-state index in [1.54, 1.807) is 12.1 Å². The third-order valence-corrected chi connectivity index (χ3v) is 7.95. The van der Waals surface area contributed by atoms with Crippen LogP contribution in [0.2, 0.25) is 0 Å². The molecule has 0 aliphatic carbocycles. The summed E-state index contributed by atoms with van der Waals surface area (Å²) in [5, 5.41) is 3.10. The number of nitrogens with zero attached hydrogens (tertiary/aromatic N) is 1. The molecule has 0 bridgehead atoms. The Hall–Kier alpha value is -2.18. The van der Waals surface area contributed by atoms with E-state index in [0.29, 0.717) is 18.7 Å². The number of carbonyl (C=O) groups excluding carboxylic acids is 1. The molecule has 0 spiro atoms. The summed E-state index contributed by atoms with van der Waals surface area (Å²) in [5.74, 6) is -0.242. The van der Waals surface area contributed by atoms with Gasteiger partial charge in [0.1, 0.15) is 0 Å². The Balaban J connectivity index is 1.86. The molecule has 1 heterocycles. The molecule has 1 saturated heterocycles. The summed E-state index contributed by atoms with van der Waals surface area (Å²) < 4.78 is 27.6. The van der Waals surface area contributed by atoms with Gasteiger partial charge in [0.05, 0.1) is 10.9 Å².